The van der Waals surface area contributed by atoms with Gasteiger partial charge in [-0.15, -0.1) is 0 Å². The molecule has 0 radical (unpaired) electrons. The molecule has 0 bridgehead atoms. The molecule has 0 N–H and O–H groups in total. The highest BCUT2D eigenvalue weighted by molar-refractivity contribution is 5.87. The molecule has 0 fully saturated rings. The molecule has 0 saturated carbocycles. The summed E-state index contributed by atoms with van der Waals surface area (Å²) in [5.41, 5.74) is 0. The van der Waals surface area contributed by atoms with Crippen molar-refractivity contribution in [3.05, 3.63) is 0 Å². The van der Waals surface area contributed by atoms with Crippen molar-refractivity contribution >= 4 is 12.3 Å². The van der Waals surface area contributed by atoms with Crippen molar-refractivity contribution in [2.24, 2.45) is 5.92 Å². The van der Waals surface area contributed by atoms with Crippen LogP contribution in [0.2, 0.25) is 0 Å². The van der Waals surface area contributed by atoms with Gasteiger partial charge in [-0.05, 0) is 20.3 Å². The minimum absolute atomic E-state index is 0.275. The molecular formula is C13H24O6. The standard InChI is InChI=1S/C13H24O6/c1-3-16-7-8-18-10-9-17-6-5-12(11-14)13(15)19-4-2/h11-12H,3-10H2,1-2H3. The van der Waals surface area contributed by atoms with Gasteiger partial charge < -0.3 is 23.7 Å². The third-order valence-corrected chi connectivity index (χ3v) is 2.27. The van der Waals surface area contributed by atoms with Crippen LogP contribution in [0.15, 0.2) is 0 Å². The molecular weight excluding hydrogens is 252 g/mol. The highest BCUT2D eigenvalue weighted by Gasteiger charge is 2.18. The van der Waals surface area contributed by atoms with Gasteiger partial charge in [-0.25, -0.2) is 0 Å². The lowest BCUT2D eigenvalue weighted by atomic mass is 10.1. The Hall–Kier alpha value is -0.980. The van der Waals surface area contributed by atoms with Crippen molar-refractivity contribution < 1.29 is 28.5 Å². The third-order valence-electron chi connectivity index (χ3n) is 2.27. The molecule has 0 rings (SSSR count). The summed E-state index contributed by atoms with van der Waals surface area (Å²) in [7, 11) is 0. The highest BCUT2D eigenvalue weighted by atomic mass is 16.5. The molecule has 0 aromatic heterocycles. The summed E-state index contributed by atoms with van der Waals surface area (Å²) in [4.78, 5) is 22.0. The van der Waals surface area contributed by atoms with E-state index in [0.717, 1.165) is 0 Å². The maximum Gasteiger partial charge on any atom is 0.316 e. The SMILES string of the molecule is CCOCCOCCOCCC(C=O)C(=O)OCC. The summed E-state index contributed by atoms with van der Waals surface area (Å²) in [5, 5.41) is 0. The van der Waals surface area contributed by atoms with E-state index in [2.05, 4.69) is 0 Å². The zero-order valence-corrected chi connectivity index (χ0v) is 11.8. The Morgan fingerprint density at radius 3 is 2.05 bits per heavy atom. The first-order chi connectivity index (χ1) is 9.26. The van der Waals surface area contributed by atoms with Crippen molar-refractivity contribution in [2.45, 2.75) is 20.3 Å². The van der Waals surface area contributed by atoms with Crippen LogP contribution in [0, 0.1) is 5.92 Å². The number of esters is 1. The van der Waals surface area contributed by atoms with Crippen LogP contribution in [0.4, 0.5) is 0 Å². The largest absolute Gasteiger partial charge is 0.465 e. The molecule has 0 saturated heterocycles. The second kappa shape index (κ2) is 13.5. The van der Waals surface area contributed by atoms with Gasteiger partial charge in [-0.3, -0.25) is 4.79 Å². The Kier molecular flexibility index (Phi) is 12.8. The topological polar surface area (TPSA) is 71.1 Å². The molecule has 0 aliphatic rings. The van der Waals surface area contributed by atoms with E-state index in [1.54, 1.807) is 6.92 Å². The summed E-state index contributed by atoms with van der Waals surface area (Å²) in [6.45, 7) is 6.93. The molecule has 0 heterocycles. The van der Waals surface area contributed by atoms with Gasteiger partial charge >= 0.3 is 5.97 Å². The lowest BCUT2D eigenvalue weighted by Crippen LogP contribution is -2.21. The summed E-state index contributed by atoms with van der Waals surface area (Å²) >= 11 is 0. The Morgan fingerprint density at radius 1 is 0.947 bits per heavy atom. The smallest absolute Gasteiger partial charge is 0.316 e. The molecule has 6 heteroatoms. The average molecular weight is 276 g/mol. The van der Waals surface area contributed by atoms with Gasteiger partial charge in [-0.2, -0.15) is 0 Å². The van der Waals surface area contributed by atoms with Crippen molar-refractivity contribution in [2.75, 3.05) is 46.2 Å². The number of hydrogen-bond donors (Lipinski definition) is 0. The van der Waals surface area contributed by atoms with E-state index in [1.165, 1.54) is 0 Å². The summed E-state index contributed by atoms with van der Waals surface area (Å²) in [6.07, 6.45) is 0.932. The van der Waals surface area contributed by atoms with Gasteiger partial charge in [0.2, 0.25) is 0 Å². The van der Waals surface area contributed by atoms with Gasteiger partial charge in [0.05, 0.1) is 33.0 Å². The molecule has 0 aromatic carbocycles. The van der Waals surface area contributed by atoms with Crippen molar-refractivity contribution in [1.29, 1.82) is 0 Å². The number of carbonyl (C=O) groups excluding carboxylic acids is 2. The van der Waals surface area contributed by atoms with Crippen molar-refractivity contribution in [3.8, 4) is 0 Å². The fraction of sp³-hybridized carbons (Fsp3) is 0.846. The molecule has 0 aliphatic carbocycles. The van der Waals surface area contributed by atoms with Gasteiger partial charge in [0.15, 0.2) is 0 Å². The number of hydrogen-bond acceptors (Lipinski definition) is 6. The van der Waals surface area contributed by atoms with E-state index >= 15 is 0 Å². The highest BCUT2D eigenvalue weighted by Crippen LogP contribution is 2.03. The molecule has 0 aliphatic heterocycles. The van der Waals surface area contributed by atoms with Gasteiger partial charge in [0.25, 0.3) is 0 Å². The van der Waals surface area contributed by atoms with E-state index in [9.17, 15) is 9.59 Å². The fourth-order valence-corrected chi connectivity index (χ4v) is 1.29. The Balaban J connectivity index is 3.41. The van der Waals surface area contributed by atoms with Gasteiger partial charge in [-0.1, -0.05) is 0 Å². The van der Waals surface area contributed by atoms with E-state index < -0.39 is 11.9 Å². The van der Waals surface area contributed by atoms with Crippen LogP contribution in [0.1, 0.15) is 20.3 Å². The number of rotatable bonds is 13. The molecule has 19 heavy (non-hydrogen) atoms. The summed E-state index contributed by atoms with van der Waals surface area (Å²) < 4.78 is 20.4. The molecule has 112 valence electrons. The molecule has 6 nitrogen and oxygen atoms in total. The Bertz CT molecular complexity index is 231. The van der Waals surface area contributed by atoms with Crippen LogP contribution in [-0.2, 0) is 28.5 Å². The van der Waals surface area contributed by atoms with E-state index in [0.29, 0.717) is 52.3 Å². The predicted octanol–water partition coefficient (Wildman–Crippen LogP) is 0.824. The molecule has 0 spiro atoms. The van der Waals surface area contributed by atoms with Crippen LogP contribution in [0.3, 0.4) is 0 Å². The number of ether oxygens (including phenoxy) is 4. The Labute approximate surface area is 114 Å². The minimum atomic E-state index is -0.737. The molecule has 0 amide bonds. The quantitative estimate of drug-likeness (QED) is 0.215. The maximum absolute atomic E-state index is 11.3. The first-order valence-corrected chi connectivity index (χ1v) is 6.61. The van der Waals surface area contributed by atoms with E-state index in [1.807, 2.05) is 6.92 Å². The molecule has 0 aromatic rings. The lowest BCUT2D eigenvalue weighted by molar-refractivity contribution is -0.150. The normalized spacial score (nSPS) is 12.1. The van der Waals surface area contributed by atoms with Gasteiger partial charge in [0, 0.05) is 13.2 Å². The van der Waals surface area contributed by atoms with Crippen LogP contribution in [0.5, 0.6) is 0 Å². The third kappa shape index (κ3) is 10.6. The first kappa shape index (κ1) is 18.0. The first-order valence-electron chi connectivity index (χ1n) is 6.61. The monoisotopic (exact) mass is 276 g/mol. The zero-order valence-electron chi connectivity index (χ0n) is 11.8. The summed E-state index contributed by atoms with van der Waals surface area (Å²) in [5.74, 6) is -1.23. The van der Waals surface area contributed by atoms with E-state index in [-0.39, 0.29) is 6.61 Å². The van der Waals surface area contributed by atoms with Crippen LogP contribution < -0.4 is 0 Å². The molecule has 1 unspecified atom stereocenters. The number of aldehydes is 1. The average Bonchev–Trinajstić information content (AvgIpc) is 2.41. The van der Waals surface area contributed by atoms with Crippen LogP contribution in [0.25, 0.3) is 0 Å². The van der Waals surface area contributed by atoms with Crippen molar-refractivity contribution in [3.63, 3.8) is 0 Å². The molecule has 1 atom stereocenters. The van der Waals surface area contributed by atoms with Crippen molar-refractivity contribution in [1.82, 2.24) is 0 Å². The predicted molar refractivity (Wildman–Crippen MR) is 68.9 cm³/mol. The lowest BCUT2D eigenvalue weighted by Gasteiger charge is -2.10. The fourth-order valence-electron chi connectivity index (χ4n) is 1.29. The van der Waals surface area contributed by atoms with Gasteiger partial charge in [0.1, 0.15) is 12.2 Å². The maximum atomic E-state index is 11.3. The minimum Gasteiger partial charge on any atom is -0.465 e. The second-order valence-electron chi connectivity index (χ2n) is 3.70. The summed E-state index contributed by atoms with van der Waals surface area (Å²) in [6, 6.07) is 0. The van der Waals surface area contributed by atoms with Crippen LogP contribution in [-0.4, -0.2) is 58.5 Å². The number of carbonyl (C=O) groups is 2. The Morgan fingerprint density at radius 2 is 1.53 bits per heavy atom. The van der Waals surface area contributed by atoms with E-state index in [4.69, 9.17) is 18.9 Å². The zero-order chi connectivity index (χ0) is 14.3. The van der Waals surface area contributed by atoms with Crippen LogP contribution >= 0.6 is 0 Å². The second-order valence-corrected chi connectivity index (χ2v) is 3.70.